The van der Waals surface area contributed by atoms with Crippen LogP contribution in [0.25, 0.3) is 0 Å². The molecule has 0 radical (unpaired) electrons. The summed E-state index contributed by atoms with van der Waals surface area (Å²) in [6, 6.07) is 0.289. The molecule has 1 saturated carbocycles. The second kappa shape index (κ2) is 7.20. The highest BCUT2D eigenvalue weighted by molar-refractivity contribution is 7.71. The van der Waals surface area contributed by atoms with E-state index in [0.717, 1.165) is 25.1 Å². The lowest BCUT2D eigenvalue weighted by Crippen LogP contribution is -2.44. The fourth-order valence-electron chi connectivity index (χ4n) is 3.11. The first-order valence-electron chi connectivity index (χ1n) is 7.96. The van der Waals surface area contributed by atoms with Crippen molar-refractivity contribution >= 4 is 18.1 Å². The lowest BCUT2D eigenvalue weighted by atomic mass is 9.78. The van der Waals surface area contributed by atoms with Gasteiger partial charge in [-0.3, -0.25) is 14.5 Å². The van der Waals surface area contributed by atoms with E-state index in [2.05, 4.69) is 36.3 Å². The molecule has 0 aromatic carbocycles. The molecule has 5 nitrogen and oxygen atoms in total. The van der Waals surface area contributed by atoms with Crippen LogP contribution in [0, 0.1) is 16.6 Å². The van der Waals surface area contributed by atoms with Gasteiger partial charge in [0.05, 0.1) is 0 Å². The number of hydrogen-bond donors (Lipinski definition) is 2. The molecule has 1 aromatic rings. The molecule has 118 valence electrons. The number of rotatable bonds is 5. The van der Waals surface area contributed by atoms with Gasteiger partial charge in [0, 0.05) is 12.5 Å². The number of H-pyrrole nitrogens is 1. The SMILES string of the molecule is CCCc1n[nH]c(=S)n1CC(=O)N[C@@H]1CCC[C@H](C)[C@@H]1C. The van der Waals surface area contributed by atoms with Gasteiger partial charge in [-0.05, 0) is 36.9 Å². The zero-order valence-corrected chi connectivity index (χ0v) is 14.0. The standard InChI is InChI=1S/C15H26N4OS/c1-4-6-13-17-18-15(21)19(13)9-14(20)16-12-8-5-7-10(2)11(12)3/h10-12H,4-9H2,1-3H3,(H,16,20)(H,18,21)/t10-,11-,12+/m0/s1. The molecule has 0 bridgehead atoms. The van der Waals surface area contributed by atoms with Gasteiger partial charge >= 0.3 is 0 Å². The van der Waals surface area contributed by atoms with E-state index in [-0.39, 0.29) is 18.5 Å². The molecule has 1 amide bonds. The van der Waals surface area contributed by atoms with Crippen molar-refractivity contribution in [1.29, 1.82) is 0 Å². The van der Waals surface area contributed by atoms with Crippen LogP contribution in [0.3, 0.4) is 0 Å². The number of carbonyl (C=O) groups is 1. The number of nitrogens with zero attached hydrogens (tertiary/aromatic N) is 2. The van der Waals surface area contributed by atoms with Gasteiger partial charge in [0.15, 0.2) is 4.77 Å². The topological polar surface area (TPSA) is 62.7 Å². The average molecular weight is 310 g/mol. The lowest BCUT2D eigenvalue weighted by Gasteiger charge is -2.34. The van der Waals surface area contributed by atoms with Crippen molar-refractivity contribution in [3.63, 3.8) is 0 Å². The highest BCUT2D eigenvalue weighted by atomic mass is 32.1. The second-order valence-corrected chi connectivity index (χ2v) is 6.61. The molecule has 1 fully saturated rings. The van der Waals surface area contributed by atoms with Crippen molar-refractivity contribution in [2.24, 2.45) is 11.8 Å². The second-order valence-electron chi connectivity index (χ2n) is 6.22. The predicted molar refractivity (Wildman–Crippen MR) is 85.5 cm³/mol. The summed E-state index contributed by atoms with van der Waals surface area (Å²) in [5.74, 6) is 2.12. The van der Waals surface area contributed by atoms with E-state index in [1.165, 1.54) is 12.8 Å². The predicted octanol–water partition coefficient (Wildman–Crippen LogP) is 2.83. The fraction of sp³-hybridized carbons (Fsp3) is 0.800. The first kappa shape index (κ1) is 16.2. The van der Waals surface area contributed by atoms with Crippen molar-refractivity contribution in [3.8, 4) is 0 Å². The maximum absolute atomic E-state index is 12.3. The van der Waals surface area contributed by atoms with Crippen LogP contribution in [0.15, 0.2) is 0 Å². The van der Waals surface area contributed by atoms with E-state index in [9.17, 15) is 4.79 Å². The van der Waals surface area contributed by atoms with Crippen molar-refractivity contribution in [2.75, 3.05) is 0 Å². The summed E-state index contributed by atoms with van der Waals surface area (Å²) in [6.07, 6.45) is 5.36. The molecule has 21 heavy (non-hydrogen) atoms. The van der Waals surface area contributed by atoms with Gasteiger partial charge in [-0.2, -0.15) is 5.10 Å². The number of aromatic nitrogens is 3. The van der Waals surface area contributed by atoms with Crippen LogP contribution in [0.4, 0.5) is 0 Å². The fourth-order valence-corrected chi connectivity index (χ4v) is 3.33. The summed E-state index contributed by atoms with van der Waals surface area (Å²) in [5.41, 5.74) is 0. The van der Waals surface area contributed by atoms with Crippen LogP contribution in [-0.4, -0.2) is 26.7 Å². The van der Waals surface area contributed by atoms with Crippen molar-refractivity contribution in [1.82, 2.24) is 20.1 Å². The van der Waals surface area contributed by atoms with Crippen LogP contribution in [-0.2, 0) is 17.8 Å². The molecule has 1 aromatic heterocycles. The Labute approximate surface area is 131 Å². The van der Waals surface area contributed by atoms with Gasteiger partial charge in [-0.1, -0.05) is 33.6 Å². The number of amides is 1. The quantitative estimate of drug-likeness (QED) is 0.822. The van der Waals surface area contributed by atoms with Gasteiger partial charge < -0.3 is 5.32 Å². The Morgan fingerprint density at radius 2 is 2.24 bits per heavy atom. The molecule has 2 N–H and O–H groups in total. The Morgan fingerprint density at radius 3 is 2.95 bits per heavy atom. The monoisotopic (exact) mass is 310 g/mol. The molecule has 6 heteroatoms. The molecule has 0 unspecified atom stereocenters. The van der Waals surface area contributed by atoms with E-state index in [0.29, 0.717) is 16.6 Å². The molecule has 1 aliphatic carbocycles. The molecule has 2 rings (SSSR count). The number of hydrogen-bond acceptors (Lipinski definition) is 3. The minimum absolute atomic E-state index is 0.0378. The first-order valence-corrected chi connectivity index (χ1v) is 8.37. The first-order chi connectivity index (χ1) is 10.0. The van der Waals surface area contributed by atoms with E-state index < -0.39 is 0 Å². The van der Waals surface area contributed by atoms with Gasteiger partial charge in [0.2, 0.25) is 5.91 Å². The molecule has 0 spiro atoms. The van der Waals surface area contributed by atoms with Gasteiger partial charge in [-0.15, -0.1) is 0 Å². The third kappa shape index (κ3) is 3.93. The van der Waals surface area contributed by atoms with Gasteiger partial charge in [0.25, 0.3) is 0 Å². The molecular formula is C15H26N4OS. The van der Waals surface area contributed by atoms with Crippen molar-refractivity contribution < 1.29 is 4.79 Å². The summed E-state index contributed by atoms with van der Waals surface area (Å²) in [4.78, 5) is 12.3. The van der Waals surface area contributed by atoms with E-state index in [4.69, 9.17) is 12.2 Å². The van der Waals surface area contributed by atoms with Gasteiger partial charge in [-0.25, -0.2) is 0 Å². The van der Waals surface area contributed by atoms with Gasteiger partial charge in [0.1, 0.15) is 12.4 Å². The summed E-state index contributed by atoms with van der Waals surface area (Å²) >= 11 is 5.22. The smallest absolute Gasteiger partial charge is 0.240 e. The lowest BCUT2D eigenvalue weighted by molar-refractivity contribution is -0.123. The molecular weight excluding hydrogens is 284 g/mol. The highest BCUT2D eigenvalue weighted by Gasteiger charge is 2.28. The number of aryl methyl sites for hydroxylation is 1. The van der Waals surface area contributed by atoms with Crippen molar-refractivity contribution in [3.05, 3.63) is 10.6 Å². The normalized spacial score (nSPS) is 25.8. The molecule has 3 atom stereocenters. The summed E-state index contributed by atoms with van der Waals surface area (Å²) in [5, 5.41) is 10.2. The Morgan fingerprint density at radius 1 is 1.48 bits per heavy atom. The van der Waals surface area contributed by atoms with Crippen LogP contribution in [0.2, 0.25) is 0 Å². The largest absolute Gasteiger partial charge is 0.352 e. The zero-order chi connectivity index (χ0) is 15.4. The molecule has 0 aliphatic heterocycles. The number of nitrogens with one attached hydrogen (secondary N) is 2. The third-order valence-electron chi connectivity index (χ3n) is 4.67. The van der Waals surface area contributed by atoms with E-state index in [1.54, 1.807) is 0 Å². The molecule has 0 saturated heterocycles. The Hall–Kier alpha value is -1.17. The van der Waals surface area contributed by atoms with Crippen LogP contribution in [0.5, 0.6) is 0 Å². The average Bonchev–Trinajstić information content (AvgIpc) is 2.77. The Balaban J connectivity index is 1.98. The minimum Gasteiger partial charge on any atom is -0.352 e. The maximum Gasteiger partial charge on any atom is 0.240 e. The Bertz CT molecular complexity index is 536. The summed E-state index contributed by atoms with van der Waals surface area (Å²) < 4.78 is 2.34. The number of carbonyl (C=O) groups excluding carboxylic acids is 1. The summed E-state index contributed by atoms with van der Waals surface area (Å²) in [7, 11) is 0. The van der Waals surface area contributed by atoms with Crippen LogP contribution in [0.1, 0.15) is 52.3 Å². The van der Waals surface area contributed by atoms with Crippen molar-refractivity contribution in [2.45, 2.75) is 65.5 Å². The third-order valence-corrected chi connectivity index (χ3v) is 4.98. The molecule has 1 heterocycles. The highest BCUT2D eigenvalue weighted by Crippen LogP contribution is 2.29. The number of aromatic amines is 1. The van der Waals surface area contributed by atoms with E-state index in [1.807, 2.05) is 4.57 Å². The maximum atomic E-state index is 12.3. The zero-order valence-electron chi connectivity index (χ0n) is 13.2. The van der Waals surface area contributed by atoms with Crippen LogP contribution < -0.4 is 5.32 Å². The molecule has 1 aliphatic rings. The van der Waals surface area contributed by atoms with Crippen LogP contribution >= 0.6 is 12.2 Å². The minimum atomic E-state index is 0.0378. The summed E-state index contributed by atoms with van der Waals surface area (Å²) in [6.45, 7) is 6.87. The Kier molecular flexibility index (Phi) is 5.56. The van der Waals surface area contributed by atoms with E-state index >= 15 is 0 Å².